The van der Waals surface area contributed by atoms with Crippen LogP contribution in [0.25, 0.3) is 10.8 Å². The number of amides is 2. The van der Waals surface area contributed by atoms with E-state index in [1.807, 2.05) is 85.7 Å². The quantitative estimate of drug-likeness (QED) is 0.668. The fraction of sp³-hybridized carbons (Fsp3) is 0.217. The molecule has 28 heavy (non-hydrogen) atoms. The minimum Gasteiger partial charge on any atom is -0.378 e. The summed E-state index contributed by atoms with van der Waals surface area (Å²) in [6.07, 6.45) is 0.251. The van der Waals surface area contributed by atoms with Gasteiger partial charge >= 0.3 is 0 Å². The van der Waals surface area contributed by atoms with Gasteiger partial charge in [-0.2, -0.15) is 0 Å². The monoisotopic (exact) mass is 375 g/mol. The summed E-state index contributed by atoms with van der Waals surface area (Å²) in [5.41, 5.74) is 3.08. The van der Waals surface area contributed by atoms with Crippen LogP contribution in [0, 0.1) is 0 Å². The number of hydrogen-bond donors (Lipinski definition) is 2. The molecular weight excluding hydrogens is 350 g/mol. The zero-order valence-electron chi connectivity index (χ0n) is 16.2. The van der Waals surface area contributed by atoms with Gasteiger partial charge in [-0.25, -0.2) is 0 Å². The molecular formula is C23H25N3O2. The van der Waals surface area contributed by atoms with E-state index < -0.39 is 0 Å². The Morgan fingerprint density at radius 3 is 2.29 bits per heavy atom. The molecule has 0 radical (unpaired) electrons. The van der Waals surface area contributed by atoms with Gasteiger partial charge in [0.25, 0.3) is 0 Å². The lowest BCUT2D eigenvalue weighted by Crippen LogP contribution is -2.37. The molecule has 3 aromatic carbocycles. The second-order valence-electron chi connectivity index (χ2n) is 6.93. The van der Waals surface area contributed by atoms with Crippen LogP contribution >= 0.6 is 0 Å². The van der Waals surface area contributed by atoms with Crippen LogP contribution in [0.1, 0.15) is 11.1 Å². The van der Waals surface area contributed by atoms with Crippen molar-refractivity contribution in [2.24, 2.45) is 0 Å². The van der Waals surface area contributed by atoms with Crippen LogP contribution in [0.2, 0.25) is 0 Å². The highest BCUT2D eigenvalue weighted by molar-refractivity contribution is 5.91. The van der Waals surface area contributed by atoms with Crippen LogP contribution in [0.5, 0.6) is 0 Å². The maximum absolute atomic E-state index is 12.2. The Hall–Kier alpha value is -3.34. The Labute approximate surface area is 165 Å². The number of nitrogens with one attached hydrogen (secondary N) is 2. The number of benzene rings is 3. The molecule has 3 aromatic rings. The van der Waals surface area contributed by atoms with E-state index in [1.54, 1.807) is 0 Å². The van der Waals surface area contributed by atoms with E-state index in [1.165, 1.54) is 0 Å². The normalized spacial score (nSPS) is 10.5. The summed E-state index contributed by atoms with van der Waals surface area (Å²) in [6, 6.07) is 21.9. The molecule has 3 rings (SSSR count). The summed E-state index contributed by atoms with van der Waals surface area (Å²) in [4.78, 5) is 26.3. The number of rotatable bonds is 7. The number of carbonyl (C=O) groups is 2. The average molecular weight is 375 g/mol. The second kappa shape index (κ2) is 9.04. The van der Waals surface area contributed by atoms with Crippen LogP contribution in [0.15, 0.2) is 66.7 Å². The minimum absolute atomic E-state index is 0.0284. The van der Waals surface area contributed by atoms with E-state index in [9.17, 15) is 9.59 Å². The predicted molar refractivity (Wildman–Crippen MR) is 113 cm³/mol. The Morgan fingerprint density at radius 1 is 0.821 bits per heavy atom. The Balaban J connectivity index is 1.47. The third-order valence-electron chi connectivity index (χ3n) is 4.62. The molecule has 0 aliphatic carbocycles. The van der Waals surface area contributed by atoms with Gasteiger partial charge in [0, 0.05) is 26.3 Å². The van der Waals surface area contributed by atoms with E-state index in [2.05, 4.69) is 10.6 Å². The second-order valence-corrected chi connectivity index (χ2v) is 6.93. The highest BCUT2D eigenvalue weighted by Gasteiger charge is 2.09. The van der Waals surface area contributed by atoms with E-state index >= 15 is 0 Å². The van der Waals surface area contributed by atoms with Crippen molar-refractivity contribution in [1.29, 1.82) is 0 Å². The largest absolute Gasteiger partial charge is 0.378 e. The number of fused-ring (bicyclic) bond motifs is 1. The lowest BCUT2D eigenvalue weighted by molar-refractivity contribution is -0.125. The van der Waals surface area contributed by atoms with Crippen molar-refractivity contribution in [1.82, 2.24) is 10.6 Å². The van der Waals surface area contributed by atoms with Gasteiger partial charge in [0.15, 0.2) is 0 Å². The summed E-state index contributed by atoms with van der Waals surface area (Å²) in [6.45, 7) is 0.408. The first kappa shape index (κ1) is 19.4. The molecule has 5 nitrogen and oxygen atoms in total. The van der Waals surface area contributed by atoms with Crippen molar-refractivity contribution in [2.45, 2.75) is 13.0 Å². The van der Waals surface area contributed by atoms with Gasteiger partial charge in [0.05, 0.1) is 13.0 Å². The number of hydrogen-bond acceptors (Lipinski definition) is 3. The fourth-order valence-electron chi connectivity index (χ4n) is 3.04. The van der Waals surface area contributed by atoms with Crippen molar-refractivity contribution >= 4 is 28.3 Å². The van der Waals surface area contributed by atoms with Crippen molar-refractivity contribution < 1.29 is 9.59 Å². The first-order valence-corrected chi connectivity index (χ1v) is 9.29. The van der Waals surface area contributed by atoms with Gasteiger partial charge in [0.2, 0.25) is 11.8 Å². The molecule has 144 valence electrons. The molecule has 0 aliphatic heterocycles. The average Bonchev–Trinajstić information content (AvgIpc) is 2.71. The van der Waals surface area contributed by atoms with Gasteiger partial charge < -0.3 is 15.5 Å². The molecule has 2 N–H and O–H groups in total. The molecule has 0 aromatic heterocycles. The van der Waals surface area contributed by atoms with Crippen LogP contribution in [0.4, 0.5) is 5.69 Å². The minimum atomic E-state index is -0.206. The van der Waals surface area contributed by atoms with Gasteiger partial charge in [-0.1, -0.05) is 54.6 Å². The maximum Gasteiger partial charge on any atom is 0.239 e. The molecule has 0 saturated carbocycles. The number of nitrogens with zero attached hydrogens (tertiary/aromatic N) is 1. The summed E-state index contributed by atoms with van der Waals surface area (Å²) >= 11 is 0. The molecule has 0 heterocycles. The van der Waals surface area contributed by atoms with Crippen molar-refractivity contribution in [3.05, 3.63) is 77.9 Å². The standard InChI is InChI=1S/C23H25N3O2/c1-26(2)20-12-10-17(11-13-20)15-24-23(28)16-25-22(27)14-19-8-5-7-18-6-3-4-9-21(18)19/h3-13H,14-16H2,1-2H3,(H,24,28)(H,25,27). The van der Waals surface area contributed by atoms with Crippen LogP contribution in [-0.4, -0.2) is 32.5 Å². The zero-order valence-corrected chi connectivity index (χ0v) is 16.2. The molecule has 5 heteroatoms. The number of anilines is 1. The summed E-state index contributed by atoms with van der Waals surface area (Å²) < 4.78 is 0. The smallest absolute Gasteiger partial charge is 0.239 e. The molecule has 0 bridgehead atoms. The van der Waals surface area contributed by atoms with Crippen molar-refractivity contribution in [3.8, 4) is 0 Å². The summed E-state index contributed by atoms with van der Waals surface area (Å²) in [5.74, 6) is -0.371. The highest BCUT2D eigenvalue weighted by atomic mass is 16.2. The fourth-order valence-corrected chi connectivity index (χ4v) is 3.04. The van der Waals surface area contributed by atoms with E-state index in [4.69, 9.17) is 0 Å². The predicted octanol–water partition coefficient (Wildman–Crippen LogP) is 2.88. The molecule has 0 aliphatic rings. The van der Waals surface area contributed by atoms with Crippen molar-refractivity contribution in [2.75, 3.05) is 25.5 Å². The lowest BCUT2D eigenvalue weighted by atomic mass is 10.0. The Bertz CT molecular complexity index is 960. The molecule has 2 amide bonds. The van der Waals surface area contributed by atoms with E-state index in [-0.39, 0.29) is 24.8 Å². The maximum atomic E-state index is 12.2. The topological polar surface area (TPSA) is 61.4 Å². The number of carbonyl (C=O) groups excluding carboxylic acids is 2. The highest BCUT2D eigenvalue weighted by Crippen LogP contribution is 2.18. The molecule has 0 saturated heterocycles. The molecule has 0 unspecified atom stereocenters. The van der Waals surface area contributed by atoms with E-state index in [0.717, 1.165) is 27.6 Å². The summed E-state index contributed by atoms with van der Waals surface area (Å²) in [7, 11) is 3.97. The zero-order chi connectivity index (χ0) is 19.9. The first-order chi connectivity index (χ1) is 13.5. The van der Waals surface area contributed by atoms with Gasteiger partial charge in [-0.3, -0.25) is 9.59 Å². The van der Waals surface area contributed by atoms with Gasteiger partial charge in [-0.05, 0) is 34.0 Å². The van der Waals surface area contributed by atoms with Crippen LogP contribution in [0.3, 0.4) is 0 Å². The summed E-state index contributed by atoms with van der Waals surface area (Å²) in [5, 5.41) is 7.69. The van der Waals surface area contributed by atoms with Crippen LogP contribution in [-0.2, 0) is 22.6 Å². The SMILES string of the molecule is CN(C)c1ccc(CNC(=O)CNC(=O)Cc2cccc3ccccc23)cc1. The first-order valence-electron chi connectivity index (χ1n) is 9.29. The van der Waals surface area contributed by atoms with Gasteiger partial charge in [0.1, 0.15) is 0 Å². The van der Waals surface area contributed by atoms with Crippen LogP contribution < -0.4 is 15.5 Å². The molecule has 0 fully saturated rings. The van der Waals surface area contributed by atoms with E-state index in [0.29, 0.717) is 6.54 Å². The Morgan fingerprint density at radius 2 is 1.54 bits per heavy atom. The third kappa shape index (κ3) is 5.10. The third-order valence-corrected chi connectivity index (χ3v) is 4.62. The molecule has 0 atom stereocenters. The van der Waals surface area contributed by atoms with Gasteiger partial charge in [-0.15, -0.1) is 0 Å². The van der Waals surface area contributed by atoms with Crippen molar-refractivity contribution in [3.63, 3.8) is 0 Å². The Kier molecular flexibility index (Phi) is 6.27. The molecule has 0 spiro atoms. The lowest BCUT2D eigenvalue weighted by Gasteiger charge is -2.13.